The van der Waals surface area contributed by atoms with Gasteiger partial charge in [0.1, 0.15) is 6.17 Å². The zero-order valence-electron chi connectivity index (χ0n) is 14.5. The lowest BCUT2D eigenvalue weighted by molar-refractivity contribution is 0.0733. The predicted molar refractivity (Wildman–Crippen MR) is 109 cm³/mol. The summed E-state index contributed by atoms with van der Waals surface area (Å²) in [5.74, 6) is 0. The Kier molecular flexibility index (Phi) is 4.01. The molecule has 2 aliphatic rings. The van der Waals surface area contributed by atoms with Crippen LogP contribution in [0.3, 0.4) is 0 Å². The van der Waals surface area contributed by atoms with Crippen LogP contribution < -0.4 is 4.90 Å². The average molecular weight is 398 g/mol. The highest BCUT2D eigenvalue weighted by molar-refractivity contribution is 6.42. The first-order chi connectivity index (χ1) is 13.1. The first kappa shape index (κ1) is 16.9. The molecule has 3 aromatic rings. The summed E-state index contributed by atoms with van der Waals surface area (Å²) < 4.78 is 0. The van der Waals surface area contributed by atoms with Gasteiger partial charge in [-0.25, -0.2) is 4.79 Å². The fourth-order valence-corrected chi connectivity index (χ4v) is 4.41. The third-order valence-corrected chi connectivity index (χ3v) is 6.04. The lowest BCUT2D eigenvalue weighted by atomic mass is 10.0. The molecule has 2 heterocycles. The van der Waals surface area contributed by atoms with E-state index in [1.165, 1.54) is 0 Å². The van der Waals surface area contributed by atoms with Crippen LogP contribution >= 0.6 is 23.2 Å². The summed E-state index contributed by atoms with van der Waals surface area (Å²) in [6.45, 7) is 1.58. The number of benzene rings is 3. The van der Waals surface area contributed by atoms with Crippen LogP contribution in [0.15, 0.2) is 60.7 Å². The molecule has 0 saturated carbocycles. The number of fused-ring (bicyclic) bond motifs is 2. The minimum atomic E-state index is -0.205. The molecule has 0 N–H and O–H groups in total. The number of hydrazine groups is 1. The largest absolute Gasteiger partial charge is 0.340 e. The van der Waals surface area contributed by atoms with Gasteiger partial charge in [-0.05, 0) is 41.0 Å². The Morgan fingerprint density at radius 1 is 0.889 bits per heavy atom. The van der Waals surface area contributed by atoms with Crippen molar-refractivity contribution in [2.75, 3.05) is 18.0 Å². The Labute approximate surface area is 167 Å². The average Bonchev–Trinajstić information content (AvgIpc) is 3.26. The van der Waals surface area contributed by atoms with Gasteiger partial charge in [0, 0.05) is 18.8 Å². The van der Waals surface area contributed by atoms with Crippen LogP contribution in [-0.4, -0.2) is 29.1 Å². The van der Waals surface area contributed by atoms with Crippen molar-refractivity contribution < 1.29 is 4.79 Å². The second-order valence-corrected chi connectivity index (χ2v) is 7.65. The van der Waals surface area contributed by atoms with Crippen molar-refractivity contribution in [3.63, 3.8) is 0 Å². The molecule has 2 fully saturated rings. The van der Waals surface area contributed by atoms with Crippen LogP contribution in [0.1, 0.15) is 18.2 Å². The van der Waals surface area contributed by atoms with Gasteiger partial charge in [-0.3, -0.25) is 9.91 Å². The van der Waals surface area contributed by atoms with Crippen LogP contribution in [0.4, 0.5) is 10.5 Å². The van der Waals surface area contributed by atoms with Crippen LogP contribution in [0.5, 0.6) is 0 Å². The highest BCUT2D eigenvalue weighted by atomic mass is 35.5. The van der Waals surface area contributed by atoms with Crippen LogP contribution in [0.25, 0.3) is 10.8 Å². The second-order valence-electron chi connectivity index (χ2n) is 6.83. The number of nitrogens with zero attached hydrogens (tertiary/aromatic N) is 3. The zero-order valence-corrected chi connectivity index (χ0v) is 16.0. The first-order valence-electron chi connectivity index (χ1n) is 8.95. The summed E-state index contributed by atoms with van der Waals surface area (Å²) in [7, 11) is 0. The third kappa shape index (κ3) is 2.59. The third-order valence-electron chi connectivity index (χ3n) is 5.30. The van der Waals surface area contributed by atoms with Gasteiger partial charge in [0.15, 0.2) is 0 Å². The van der Waals surface area contributed by atoms with Crippen LogP contribution in [0.2, 0.25) is 10.0 Å². The summed E-state index contributed by atoms with van der Waals surface area (Å²) >= 11 is 12.3. The van der Waals surface area contributed by atoms with E-state index < -0.39 is 0 Å². The number of urea groups is 1. The monoisotopic (exact) mass is 397 g/mol. The normalized spacial score (nSPS) is 19.9. The molecule has 3 aromatic carbocycles. The standard InChI is InChI=1S/C21H17Cl2N3O/c22-18-10-9-15(13-19(18)23)26-20(24-11-4-12-25(24)21(26)27)17-8-3-6-14-5-1-2-7-16(14)17/h1-3,5-10,13,20H,4,11-12H2. The van der Waals surface area contributed by atoms with Gasteiger partial charge in [0.2, 0.25) is 0 Å². The van der Waals surface area contributed by atoms with E-state index in [1.54, 1.807) is 12.1 Å². The fourth-order valence-electron chi connectivity index (χ4n) is 4.12. The molecule has 2 amide bonds. The van der Waals surface area contributed by atoms with Crippen molar-refractivity contribution in [2.24, 2.45) is 0 Å². The molecule has 4 nitrogen and oxygen atoms in total. The molecule has 2 saturated heterocycles. The van der Waals surface area contributed by atoms with E-state index in [1.807, 2.05) is 34.2 Å². The summed E-state index contributed by atoms with van der Waals surface area (Å²) in [5, 5.41) is 7.24. The van der Waals surface area contributed by atoms with Crippen molar-refractivity contribution in [1.29, 1.82) is 0 Å². The van der Waals surface area contributed by atoms with Crippen molar-refractivity contribution in [3.05, 3.63) is 76.3 Å². The molecule has 27 heavy (non-hydrogen) atoms. The molecule has 0 aliphatic carbocycles. The van der Waals surface area contributed by atoms with Gasteiger partial charge in [-0.2, -0.15) is 5.01 Å². The minimum absolute atomic E-state index is 0.0242. The number of anilines is 1. The topological polar surface area (TPSA) is 26.8 Å². The maximum Gasteiger partial charge on any atom is 0.340 e. The lowest BCUT2D eigenvalue weighted by Gasteiger charge is -2.29. The van der Waals surface area contributed by atoms with Crippen LogP contribution in [-0.2, 0) is 0 Å². The van der Waals surface area contributed by atoms with E-state index >= 15 is 0 Å². The number of halogens is 2. The second kappa shape index (κ2) is 6.41. The molecule has 136 valence electrons. The van der Waals surface area contributed by atoms with Crippen molar-refractivity contribution in [3.8, 4) is 0 Å². The van der Waals surface area contributed by atoms with E-state index in [9.17, 15) is 4.79 Å². The van der Waals surface area contributed by atoms with E-state index in [0.29, 0.717) is 10.0 Å². The molecule has 0 spiro atoms. The Morgan fingerprint density at radius 2 is 1.70 bits per heavy atom. The van der Waals surface area contributed by atoms with Crippen molar-refractivity contribution in [2.45, 2.75) is 12.6 Å². The Bertz CT molecular complexity index is 1050. The quantitative estimate of drug-likeness (QED) is 0.553. The van der Waals surface area contributed by atoms with Crippen molar-refractivity contribution in [1.82, 2.24) is 10.0 Å². The molecule has 1 unspecified atom stereocenters. The fraction of sp³-hybridized carbons (Fsp3) is 0.190. The summed E-state index contributed by atoms with van der Waals surface area (Å²) in [6.07, 6.45) is 0.769. The maximum absolute atomic E-state index is 13.2. The Hall–Kier alpha value is -2.27. The van der Waals surface area contributed by atoms with E-state index in [2.05, 4.69) is 29.3 Å². The highest BCUT2D eigenvalue weighted by Crippen LogP contribution is 2.43. The SMILES string of the molecule is O=C1N(c2ccc(Cl)c(Cl)c2)C(c2cccc3ccccc23)N2CCCN12. The smallest absolute Gasteiger partial charge is 0.271 e. The van der Waals surface area contributed by atoms with Gasteiger partial charge < -0.3 is 0 Å². The number of amides is 2. The van der Waals surface area contributed by atoms with Gasteiger partial charge in [0.25, 0.3) is 0 Å². The Balaban J connectivity index is 1.71. The summed E-state index contributed by atoms with van der Waals surface area (Å²) in [4.78, 5) is 15.1. The number of carbonyl (C=O) groups is 1. The van der Waals surface area contributed by atoms with Crippen molar-refractivity contribution >= 4 is 45.7 Å². The first-order valence-corrected chi connectivity index (χ1v) is 9.71. The van der Waals surface area contributed by atoms with E-state index in [4.69, 9.17) is 23.2 Å². The summed E-state index contributed by atoms with van der Waals surface area (Å²) in [6, 6.07) is 19.9. The van der Waals surface area contributed by atoms with Gasteiger partial charge in [-0.15, -0.1) is 0 Å². The van der Waals surface area contributed by atoms with Gasteiger partial charge >= 0.3 is 6.03 Å². The molecule has 1 atom stereocenters. The molecule has 0 radical (unpaired) electrons. The molecular formula is C21H17Cl2N3O. The highest BCUT2D eigenvalue weighted by Gasteiger charge is 2.48. The minimum Gasteiger partial charge on any atom is -0.271 e. The number of carbonyl (C=O) groups excluding carboxylic acids is 1. The number of hydrogen-bond donors (Lipinski definition) is 0. The molecular weight excluding hydrogens is 381 g/mol. The van der Waals surface area contributed by atoms with E-state index in [0.717, 1.165) is 41.5 Å². The molecule has 0 aromatic heterocycles. The predicted octanol–water partition coefficient (Wildman–Crippen LogP) is 5.71. The molecule has 0 bridgehead atoms. The van der Waals surface area contributed by atoms with Crippen LogP contribution in [0, 0.1) is 0 Å². The summed E-state index contributed by atoms with van der Waals surface area (Å²) in [5.41, 5.74) is 1.86. The molecule has 5 rings (SSSR count). The lowest BCUT2D eigenvalue weighted by Crippen LogP contribution is -2.32. The Morgan fingerprint density at radius 3 is 2.56 bits per heavy atom. The molecule has 2 aliphatic heterocycles. The van der Waals surface area contributed by atoms with Gasteiger partial charge in [0.05, 0.1) is 10.0 Å². The maximum atomic E-state index is 13.2. The number of rotatable bonds is 2. The zero-order chi connectivity index (χ0) is 18.5. The van der Waals surface area contributed by atoms with Gasteiger partial charge in [-0.1, -0.05) is 65.7 Å². The van der Waals surface area contributed by atoms with E-state index in [-0.39, 0.29) is 12.2 Å². The molecule has 6 heteroatoms. The number of hydrogen-bond acceptors (Lipinski definition) is 2.